The van der Waals surface area contributed by atoms with Gasteiger partial charge in [-0.2, -0.15) is 4.98 Å². The van der Waals surface area contributed by atoms with Gasteiger partial charge in [-0.3, -0.25) is 4.79 Å². The number of hydrogen-bond donors (Lipinski definition) is 1. The molecule has 1 N–H and O–H groups in total. The van der Waals surface area contributed by atoms with E-state index in [1.165, 1.54) is 23.8 Å². The summed E-state index contributed by atoms with van der Waals surface area (Å²) in [5.41, 5.74) is 2.43. The fraction of sp³-hybridized carbons (Fsp3) is 0.250. The molecular formula is C20H19ClFN3O2. The molecule has 1 heterocycles. The number of nitrogens with zero attached hydrogens (tertiary/aromatic N) is 2. The molecule has 7 heteroatoms. The summed E-state index contributed by atoms with van der Waals surface area (Å²) < 4.78 is 18.3. The van der Waals surface area contributed by atoms with E-state index in [1.54, 1.807) is 0 Å². The van der Waals surface area contributed by atoms with Crippen LogP contribution >= 0.6 is 11.6 Å². The lowest BCUT2D eigenvalue weighted by Crippen LogP contribution is -2.12. The van der Waals surface area contributed by atoms with Crippen LogP contribution in [0.25, 0.3) is 11.4 Å². The van der Waals surface area contributed by atoms with Crippen molar-refractivity contribution >= 4 is 23.2 Å². The largest absolute Gasteiger partial charge is 0.339 e. The molecule has 0 saturated heterocycles. The molecule has 0 bridgehead atoms. The zero-order valence-electron chi connectivity index (χ0n) is 15.0. The van der Waals surface area contributed by atoms with Crippen molar-refractivity contribution in [3.05, 3.63) is 64.8 Å². The number of anilines is 1. The lowest BCUT2D eigenvalue weighted by Gasteiger charge is -2.08. The highest BCUT2D eigenvalue weighted by Gasteiger charge is 2.14. The third kappa shape index (κ3) is 4.92. The highest BCUT2D eigenvalue weighted by atomic mass is 35.5. The van der Waals surface area contributed by atoms with Crippen LogP contribution in [0.15, 0.2) is 47.0 Å². The number of benzene rings is 2. The molecule has 0 aliphatic rings. The molecule has 0 unspecified atom stereocenters. The number of nitrogens with one attached hydrogen (secondary N) is 1. The van der Waals surface area contributed by atoms with Crippen molar-refractivity contribution in [2.45, 2.75) is 32.6 Å². The van der Waals surface area contributed by atoms with E-state index in [4.69, 9.17) is 16.1 Å². The molecule has 0 aliphatic carbocycles. The lowest BCUT2D eigenvalue weighted by atomic mass is 10.0. The first-order chi connectivity index (χ1) is 12.9. The summed E-state index contributed by atoms with van der Waals surface area (Å²) >= 11 is 6.00. The average Bonchev–Trinajstić information content (AvgIpc) is 3.09. The molecule has 3 aromatic rings. The van der Waals surface area contributed by atoms with Crippen LogP contribution in [0.1, 0.15) is 37.6 Å². The topological polar surface area (TPSA) is 68.0 Å². The van der Waals surface area contributed by atoms with E-state index in [1.807, 2.05) is 24.3 Å². The molecule has 0 fully saturated rings. The molecule has 27 heavy (non-hydrogen) atoms. The van der Waals surface area contributed by atoms with Crippen molar-refractivity contribution in [1.29, 1.82) is 0 Å². The molecule has 2 aromatic carbocycles. The van der Waals surface area contributed by atoms with Gasteiger partial charge in [0.1, 0.15) is 5.82 Å². The summed E-state index contributed by atoms with van der Waals surface area (Å²) in [5, 5.41) is 6.88. The van der Waals surface area contributed by atoms with Gasteiger partial charge in [0.2, 0.25) is 17.6 Å². The number of carbonyl (C=O) groups excluding carboxylic acids is 1. The minimum Gasteiger partial charge on any atom is -0.339 e. The van der Waals surface area contributed by atoms with E-state index < -0.39 is 5.82 Å². The van der Waals surface area contributed by atoms with Gasteiger partial charge in [-0.15, -0.1) is 0 Å². The molecule has 0 saturated carbocycles. The quantitative estimate of drug-likeness (QED) is 0.629. The summed E-state index contributed by atoms with van der Waals surface area (Å²) in [6.07, 6.45) is 0.492. The number of aryl methyl sites for hydroxylation is 1. The third-order valence-corrected chi connectivity index (χ3v) is 4.38. The monoisotopic (exact) mass is 387 g/mol. The van der Waals surface area contributed by atoms with Crippen LogP contribution in [0.5, 0.6) is 0 Å². The Bertz CT molecular complexity index is 939. The summed E-state index contributed by atoms with van der Waals surface area (Å²) in [7, 11) is 0. The number of carbonyl (C=O) groups is 1. The first-order valence-electron chi connectivity index (χ1n) is 8.60. The Morgan fingerprint density at radius 1 is 1.22 bits per heavy atom. The number of amides is 1. The SMILES string of the molecule is CC(C)c1ccc(NC(=O)CCc2nc(-c3ccc(F)cc3Cl)no2)cc1. The molecule has 3 rings (SSSR count). The summed E-state index contributed by atoms with van der Waals surface area (Å²) in [6, 6.07) is 11.7. The molecule has 5 nitrogen and oxygen atoms in total. The van der Waals surface area contributed by atoms with Crippen molar-refractivity contribution in [2.75, 3.05) is 5.32 Å². The van der Waals surface area contributed by atoms with Gasteiger partial charge in [0.25, 0.3) is 0 Å². The van der Waals surface area contributed by atoms with Gasteiger partial charge >= 0.3 is 0 Å². The minimum absolute atomic E-state index is 0.146. The standard InChI is InChI=1S/C20H19ClFN3O2/c1-12(2)13-3-6-15(7-4-13)23-18(26)9-10-19-24-20(25-27-19)16-8-5-14(22)11-17(16)21/h3-8,11-12H,9-10H2,1-2H3,(H,23,26). The van der Waals surface area contributed by atoms with Gasteiger partial charge in [-0.05, 0) is 41.8 Å². The van der Waals surface area contributed by atoms with E-state index in [9.17, 15) is 9.18 Å². The number of aromatic nitrogens is 2. The summed E-state index contributed by atoms with van der Waals surface area (Å²) in [4.78, 5) is 16.3. The first kappa shape index (κ1) is 19.0. The Morgan fingerprint density at radius 3 is 2.63 bits per heavy atom. The van der Waals surface area contributed by atoms with E-state index in [2.05, 4.69) is 29.3 Å². The molecule has 0 atom stereocenters. The van der Waals surface area contributed by atoms with Gasteiger partial charge in [-0.1, -0.05) is 42.7 Å². The third-order valence-electron chi connectivity index (χ3n) is 4.07. The Morgan fingerprint density at radius 2 is 1.96 bits per heavy atom. The van der Waals surface area contributed by atoms with Crippen LogP contribution in [-0.4, -0.2) is 16.0 Å². The zero-order valence-corrected chi connectivity index (χ0v) is 15.8. The van der Waals surface area contributed by atoms with Crippen molar-refractivity contribution in [3.8, 4) is 11.4 Å². The lowest BCUT2D eigenvalue weighted by molar-refractivity contribution is -0.116. The molecule has 0 aliphatic heterocycles. The predicted octanol–water partition coefficient (Wildman–Crippen LogP) is 5.22. The number of rotatable bonds is 6. The maximum absolute atomic E-state index is 13.1. The van der Waals surface area contributed by atoms with Crippen LogP contribution in [-0.2, 0) is 11.2 Å². The number of halogens is 2. The van der Waals surface area contributed by atoms with E-state index in [0.717, 1.165) is 5.69 Å². The van der Waals surface area contributed by atoms with E-state index >= 15 is 0 Å². The van der Waals surface area contributed by atoms with Gasteiger partial charge in [-0.25, -0.2) is 4.39 Å². The van der Waals surface area contributed by atoms with Crippen LogP contribution in [0.3, 0.4) is 0 Å². The second-order valence-electron chi connectivity index (χ2n) is 6.46. The van der Waals surface area contributed by atoms with Crippen molar-refractivity contribution in [1.82, 2.24) is 10.1 Å². The van der Waals surface area contributed by atoms with E-state index in [-0.39, 0.29) is 23.2 Å². The van der Waals surface area contributed by atoms with Gasteiger partial charge in [0.15, 0.2) is 0 Å². The molecule has 0 spiro atoms. The fourth-order valence-corrected chi connectivity index (χ4v) is 2.78. The van der Waals surface area contributed by atoms with Crippen molar-refractivity contribution in [2.24, 2.45) is 0 Å². The zero-order chi connectivity index (χ0) is 19.4. The van der Waals surface area contributed by atoms with Crippen LogP contribution in [0.2, 0.25) is 5.02 Å². The molecule has 1 amide bonds. The molecule has 1 aromatic heterocycles. The predicted molar refractivity (Wildman–Crippen MR) is 102 cm³/mol. The van der Waals surface area contributed by atoms with Crippen LogP contribution in [0, 0.1) is 5.82 Å². The highest BCUT2D eigenvalue weighted by molar-refractivity contribution is 6.33. The fourth-order valence-electron chi connectivity index (χ4n) is 2.53. The van der Waals surface area contributed by atoms with Crippen molar-refractivity contribution < 1.29 is 13.7 Å². The second kappa shape index (κ2) is 8.31. The van der Waals surface area contributed by atoms with Gasteiger partial charge in [0, 0.05) is 24.1 Å². The molecule has 0 radical (unpaired) electrons. The minimum atomic E-state index is -0.439. The van der Waals surface area contributed by atoms with Crippen LogP contribution in [0.4, 0.5) is 10.1 Å². The van der Waals surface area contributed by atoms with E-state index in [0.29, 0.717) is 23.8 Å². The highest BCUT2D eigenvalue weighted by Crippen LogP contribution is 2.26. The van der Waals surface area contributed by atoms with Gasteiger partial charge < -0.3 is 9.84 Å². The van der Waals surface area contributed by atoms with Gasteiger partial charge in [0.05, 0.1) is 5.02 Å². The summed E-state index contributed by atoms with van der Waals surface area (Å²) in [5.74, 6) is 0.434. The molecule has 140 valence electrons. The molecular weight excluding hydrogens is 369 g/mol. The Hall–Kier alpha value is -2.73. The summed E-state index contributed by atoms with van der Waals surface area (Å²) in [6.45, 7) is 4.23. The van der Waals surface area contributed by atoms with Crippen LogP contribution < -0.4 is 5.32 Å². The Balaban J connectivity index is 1.57. The number of hydrogen-bond acceptors (Lipinski definition) is 4. The Kier molecular flexibility index (Phi) is 5.86. The second-order valence-corrected chi connectivity index (χ2v) is 6.87. The maximum atomic E-state index is 13.1. The normalized spacial score (nSPS) is 11.0. The maximum Gasteiger partial charge on any atom is 0.227 e. The first-order valence-corrected chi connectivity index (χ1v) is 8.98. The average molecular weight is 388 g/mol. The smallest absolute Gasteiger partial charge is 0.227 e. The Labute approximate surface area is 161 Å². The van der Waals surface area contributed by atoms with Crippen molar-refractivity contribution in [3.63, 3.8) is 0 Å².